The minimum Gasteiger partial charge on any atom is -0.258 e. The lowest BCUT2D eigenvalue weighted by molar-refractivity contribution is -0.385. The van der Waals surface area contributed by atoms with Gasteiger partial charge in [0.2, 0.25) is 0 Å². The molecule has 18 heavy (non-hydrogen) atoms. The maximum Gasteiger partial charge on any atom is 0.288 e. The van der Waals surface area contributed by atoms with Gasteiger partial charge in [0.05, 0.1) is 4.92 Å². The third-order valence-electron chi connectivity index (χ3n) is 2.27. The topological polar surface area (TPSA) is 66.9 Å². The molecule has 0 aliphatic heterocycles. The van der Waals surface area contributed by atoms with Gasteiger partial charge in [-0.2, -0.15) is 5.26 Å². The van der Waals surface area contributed by atoms with Crippen LogP contribution in [0.4, 0.5) is 5.69 Å². The van der Waals surface area contributed by atoms with E-state index in [1.54, 1.807) is 6.07 Å². The van der Waals surface area contributed by atoms with Crippen molar-refractivity contribution in [1.82, 2.24) is 0 Å². The van der Waals surface area contributed by atoms with E-state index in [1.165, 1.54) is 23.9 Å². The van der Waals surface area contributed by atoms with Crippen molar-refractivity contribution in [2.45, 2.75) is 9.79 Å². The number of nitrogens with zero attached hydrogens (tertiary/aromatic N) is 2. The number of hydrogen-bond donors (Lipinski definition) is 0. The fourth-order valence-electron chi connectivity index (χ4n) is 1.45. The number of benzene rings is 2. The third kappa shape index (κ3) is 2.67. The maximum absolute atomic E-state index is 10.8. The number of nitriles is 1. The van der Waals surface area contributed by atoms with E-state index in [-0.39, 0.29) is 11.3 Å². The van der Waals surface area contributed by atoms with E-state index in [0.29, 0.717) is 0 Å². The average molecular weight is 256 g/mol. The molecule has 0 bridgehead atoms. The molecule has 0 atom stereocenters. The molecule has 0 saturated carbocycles. The first-order chi connectivity index (χ1) is 8.70. The maximum atomic E-state index is 10.8. The van der Waals surface area contributed by atoms with Gasteiger partial charge < -0.3 is 0 Å². The lowest BCUT2D eigenvalue weighted by Gasteiger charge is -2.02. The van der Waals surface area contributed by atoms with Crippen molar-refractivity contribution in [3.05, 3.63) is 64.2 Å². The molecule has 2 aromatic rings. The minimum absolute atomic E-state index is 0.0809. The Balaban J connectivity index is 2.34. The van der Waals surface area contributed by atoms with Crippen molar-refractivity contribution < 1.29 is 4.92 Å². The highest BCUT2D eigenvalue weighted by Gasteiger charge is 2.14. The van der Waals surface area contributed by atoms with E-state index in [4.69, 9.17) is 5.26 Å². The molecule has 0 fully saturated rings. The van der Waals surface area contributed by atoms with Crippen LogP contribution in [0.15, 0.2) is 58.3 Å². The standard InChI is InChI=1S/C13H8N2O2S/c14-9-10-6-7-12(8-13(10)15(16)17)18-11-4-2-1-3-5-11/h1-8H. The van der Waals surface area contributed by atoms with Crippen LogP contribution in [-0.2, 0) is 0 Å². The second kappa shape index (κ2) is 5.34. The highest BCUT2D eigenvalue weighted by molar-refractivity contribution is 7.99. The average Bonchev–Trinajstić information content (AvgIpc) is 2.40. The first-order valence-corrected chi connectivity index (χ1v) is 5.94. The Morgan fingerprint density at radius 3 is 2.44 bits per heavy atom. The molecular weight excluding hydrogens is 248 g/mol. The van der Waals surface area contributed by atoms with Gasteiger partial charge in [-0.25, -0.2) is 0 Å². The van der Waals surface area contributed by atoms with Crippen LogP contribution in [-0.4, -0.2) is 4.92 Å². The molecule has 0 unspecified atom stereocenters. The molecule has 88 valence electrons. The lowest BCUT2D eigenvalue weighted by Crippen LogP contribution is -1.92. The lowest BCUT2D eigenvalue weighted by atomic mass is 10.2. The quantitative estimate of drug-likeness (QED) is 0.621. The van der Waals surface area contributed by atoms with E-state index in [1.807, 2.05) is 36.4 Å². The normalized spacial score (nSPS) is 9.72. The summed E-state index contributed by atoms with van der Waals surface area (Å²) < 4.78 is 0. The zero-order valence-electron chi connectivity index (χ0n) is 9.24. The summed E-state index contributed by atoms with van der Waals surface area (Å²) in [5, 5.41) is 19.6. The van der Waals surface area contributed by atoms with Crippen molar-refractivity contribution in [3.8, 4) is 6.07 Å². The Morgan fingerprint density at radius 2 is 1.83 bits per heavy atom. The summed E-state index contributed by atoms with van der Waals surface area (Å²) >= 11 is 1.42. The highest BCUT2D eigenvalue weighted by atomic mass is 32.2. The number of hydrogen-bond acceptors (Lipinski definition) is 4. The zero-order valence-corrected chi connectivity index (χ0v) is 10.1. The summed E-state index contributed by atoms with van der Waals surface area (Å²) in [4.78, 5) is 12.0. The van der Waals surface area contributed by atoms with Gasteiger partial charge in [-0.3, -0.25) is 10.1 Å². The van der Waals surface area contributed by atoms with Crippen molar-refractivity contribution in [3.63, 3.8) is 0 Å². The Bertz CT molecular complexity index is 621. The molecule has 5 heteroatoms. The van der Waals surface area contributed by atoms with Gasteiger partial charge in [0.1, 0.15) is 11.6 Å². The highest BCUT2D eigenvalue weighted by Crippen LogP contribution is 2.31. The van der Waals surface area contributed by atoms with Gasteiger partial charge in [0, 0.05) is 15.9 Å². The van der Waals surface area contributed by atoms with Crippen molar-refractivity contribution >= 4 is 17.4 Å². The monoisotopic (exact) mass is 256 g/mol. The van der Waals surface area contributed by atoms with E-state index in [2.05, 4.69) is 0 Å². The van der Waals surface area contributed by atoms with Gasteiger partial charge >= 0.3 is 0 Å². The van der Waals surface area contributed by atoms with Crippen molar-refractivity contribution in [1.29, 1.82) is 5.26 Å². The van der Waals surface area contributed by atoms with Crippen LogP contribution in [0.25, 0.3) is 0 Å². The first-order valence-electron chi connectivity index (χ1n) is 5.12. The molecule has 0 amide bonds. The summed E-state index contributed by atoms with van der Waals surface area (Å²) in [5.74, 6) is 0. The second-order valence-electron chi connectivity index (χ2n) is 3.46. The molecule has 0 saturated heterocycles. The minimum atomic E-state index is -0.534. The Hall–Kier alpha value is -2.32. The van der Waals surface area contributed by atoms with E-state index in [9.17, 15) is 10.1 Å². The van der Waals surface area contributed by atoms with Crippen LogP contribution in [0.1, 0.15) is 5.56 Å². The van der Waals surface area contributed by atoms with Crippen LogP contribution in [0.5, 0.6) is 0 Å². The van der Waals surface area contributed by atoms with Gasteiger partial charge in [-0.1, -0.05) is 30.0 Å². The summed E-state index contributed by atoms with van der Waals surface area (Å²) in [6.07, 6.45) is 0. The Morgan fingerprint density at radius 1 is 1.11 bits per heavy atom. The zero-order chi connectivity index (χ0) is 13.0. The van der Waals surface area contributed by atoms with Gasteiger partial charge in [0.25, 0.3) is 5.69 Å². The van der Waals surface area contributed by atoms with Crippen LogP contribution in [0.2, 0.25) is 0 Å². The molecule has 0 aliphatic carbocycles. The third-order valence-corrected chi connectivity index (χ3v) is 3.26. The van der Waals surface area contributed by atoms with Gasteiger partial charge in [0.15, 0.2) is 0 Å². The Labute approximate surface area is 108 Å². The van der Waals surface area contributed by atoms with Gasteiger partial charge in [-0.05, 0) is 24.3 Å². The predicted molar refractivity (Wildman–Crippen MR) is 68.4 cm³/mol. The van der Waals surface area contributed by atoms with E-state index in [0.717, 1.165) is 9.79 Å². The molecule has 0 N–H and O–H groups in total. The Kier molecular flexibility index (Phi) is 3.60. The van der Waals surface area contributed by atoms with Gasteiger partial charge in [-0.15, -0.1) is 0 Å². The van der Waals surface area contributed by atoms with Crippen molar-refractivity contribution in [2.75, 3.05) is 0 Å². The fraction of sp³-hybridized carbons (Fsp3) is 0. The summed E-state index contributed by atoms with van der Waals surface area (Å²) in [6.45, 7) is 0. The molecule has 2 aromatic carbocycles. The smallest absolute Gasteiger partial charge is 0.258 e. The summed E-state index contributed by atoms with van der Waals surface area (Å²) in [6, 6.07) is 16.0. The molecule has 0 aromatic heterocycles. The van der Waals surface area contributed by atoms with Crippen LogP contribution >= 0.6 is 11.8 Å². The second-order valence-corrected chi connectivity index (χ2v) is 4.61. The molecule has 0 radical (unpaired) electrons. The van der Waals surface area contributed by atoms with Crippen LogP contribution in [0.3, 0.4) is 0 Å². The van der Waals surface area contributed by atoms with Crippen LogP contribution < -0.4 is 0 Å². The summed E-state index contributed by atoms with van der Waals surface area (Å²) in [7, 11) is 0. The molecule has 4 nitrogen and oxygen atoms in total. The SMILES string of the molecule is N#Cc1ccc(Sc2ccccc2)cc1[N+](=O)[O-]. The predicted octanol–water partition coefficient (Wildman–Crippen LogP) is 3.62. The van der Waals surface area contributed by atoms with E-state index < -0.39 is 4.92 Å². The van der Waals surface area contributed by atoms with Crippen molar-refractivity contribution in [2.24, 2.45) is 0 Å². The summed E-state index contributed by atoms with van der Waals surface area (Å²) in [5.41, 5.74) is -0.0733. The molecular formula is C13H8N2O2S. The van der Waals surface area contributed by atoms with E-state index >= 15 is 0 Å². The first kappa shape index (κ1) is 12.1. The van der Waals surface area contributed by atoms with Crippen LogP contribution in [0, 0.1) is 21.4 Å². The number of nitro groups is 1. The number of rotatable bonds is 3. The molecule has 2 rings (SSSR count). The number of nitro benzene ring substituents is 1. The molecule has 0 aliphatic rings. The molecule has 0 heterocycles. The fourth-order valence-corrected chi connectivity index (χ4v) is 2.32. The largest absolute Gasteiger partial charge is 0.288 e. The molecule has 0 spiro atoms.